The molecule has 3 aromatic rings. The number of carbonyl (C=O) groups is 1. The van der Waals surface area contributed by atoms with Crippen LogP contribution in [0.2, 0.25) is 0 Å². The summed E-state index contributed by atoms with van der Waals surface area (Å²) in [7, 11) is 1.28. The molecule has 164 valence electrons. The van der Waals surface area contributed by atoms with Crippen molar-refractivity contribution in [1.29, 1.82) is 0 Å². The Balaban J connectivity index is 1.75. The standard InChI is InChI=1S/C23H25F3N4O/c1-17(29(2)16-23(24,25)26)22(31)27-13-20-15-30(14-18-9-5-3-6-10-18)28-21(20)19-11-7-4-8-12-19/h3-12,15,17H,13-14,16H2,1-2H3,(H,27,31)/t17-/m1/s1. The SMILES string of the molecule is C[C@H](C(=O)NCc1cn(Cc2ccccc2)nc1-c1ccccc1)N(C)CC(F)(F)F. The van der Waals surface area contributed by atoms with E-state index < -0.39 is 24.7 Å². The highest BCUT2D eigenvalue weighted by Gasteiger charge is 2.32. The van der Waals surface area contributed by atoms with E-state index in [1.54, 1.807) is 4.68 Å². The smallest absolute Gasteiger partial charge is 0.351 e. The summed E-state index contributed by atoms with van der Waals surface area (Å²) in [6.45, 7) is 1.05. The number of amides is 1. The third-order valence-corrected chi connectivity index (χ3v) is 4.99. The normalized spacial score (nSPS) is 12.7. The second kappa shape index (κ2) is 9.78. The number of nitrogens with one attached hydrogen (secondary N) is 1. The Kier molecular flexibility index (Phi) is 7.12. The Morgan fingerprint density at radius 1 is 1.10 bits per heavy atom. The van der Waals surface area contributed by atoms with Crippen molar-refractivity contribution < 1.29 is 18.0 Å². The first-order valence-corrected chi connectivity index (χ1v) is 9.93. The van der Waals surface area contributed by atoms with Gasteiger partial charge in [0.05, 0.1) is 24.8 Å². The van der Waals surface area contributed by atoms with Gasteiger partial charge in [-0.2, -0.15) is 18.3 Å². The largest absolute Gasteiger partial charge is 0.401 e. The second-order valence-electron chi connectivity index (χ2n) is 7.48. The third-order valence-electron chi connectivity index (χ3n) is 4.99. The predicted molar refractivity (Wildman–Crippen MR) is 113 cm³/mol. The number of aromatic nitrogens is 2. The Bertz CT molecular complexity index is 987. The van der Waals surface area contributed by atoms with E-state index in [9.17, 15) is 18.0 Å². The number of carbonyl (C=O) groups excluding carboxylic acids is 1. The van der Waals surface area contributed by atoms with E-state index in [1.165, 1.54) is 14.0 Å². The molecule has 0 fully saturated rings. The van der Waals surface area contributed by atoms with Gasteiger partial charge in [-0.3, -0.25) is 14.4 Å². The quantitative estimate of drug-likeness (QED) is 0.586. The van der Waals surface area contributed by atoms with Gasteiger partial charge >= 0.3 is 6.18 Å². The van der Waals surface area contributed by atoms with E-state index in [-0.39, 0.29) is 6.54 Å². The summed E-state index contributed by atoms with van der Waals surface area (Å²) in [5.74, 6) is -0.471. The lowest BCUT2D eigenvalue weighted by Crippen LogP contribution is -2.46. The summed E-state index contributed by atoms with van der Waals surface area (Å²) in [5, 5.41) is 7.44. The van der Waals surface area contributed by atoms with E-state index in [2.05, 4.69) is 10.4 Å². The predicted octanol–water partition coefficient (Wildman–Crippen LogP) is 4.10. The van der Waals surface area contributed by atoms with Gasteiger partial charge in [0, 0.05) is 23.9 Å². The number of hydrogen-bond acceptors (Lipinski definition) is 3. The summed E-state index contributed by atoms with van der Waals surface area (Å²) in [4.78, 5) is 13.4. The molecule has 0 saturated heterocycles. The van der Waals surface area contributed by atoms with Gasteiger partial charge in [-0.05, 0) is 19.5 Å². The van der Waals surface area contributed by atoms with Crippen molar-refractivity contribution in [3.63, 3.8) is 0 Å². The van der Waals surface area contributed by atoms with E-state index in [0.29, 0.717) is 6.54 Å². The van der Waals surface area contributed by atoms with Gasteiger partial charge in [0.1, 0.15) is 0 Å². The van der Waals surface area contributed by atoms with Crippen molar-refractivity contribution in [2.75, 3.05) is 13.6 Å². The molecule has 0 unspecified atom stereocenters. The molecule has 3 rings (SSSR count). The Morgan fingerprint density at radius 3 is 2.32 bits per heavy atom. The van der Waals surface area contributed by atoms with Crippen LogP contribution >= 0.6 is 0 Å². The number of rotatable bonds is 8. The molecule has 0 aliphatic rings. The van der Waals surface area contributed by atoms with Gasteiger partial charge in [-0.1, -0.05) is 60.7 Å². The van der Waals surface area contributed by atoms with Crippen molar-refractivity contribution in [1.82, 2.24) is 20.0 Å². The molecule has 1 aromatic heterocycles. The molecule has 0 aliphatic heterocycles. The molecule has 0 saturated carbocycles. The molecule has 0 aliphatic carbocycles. The van der Waals surface area contributed by atoms with Crippen LogP contribution in [0.4, 0.5) is 13.2 Å². The molecular weight excluding hydrogens is 405 g/mol. The average molecular weight is 430 g/mol. The third kappa shape index (κ3) is 6.42. The number of likely N-dealkylation sites (N-methyl/N-ethyl adjacent to an activating group) is 1. The van der Waals surface area contributed by atoms with Crippen LogP contribution in [0.1, 0.15) is 18.1 Å². The fourth-order valence-corrected chi connectivity index (χ4v) is 3.23. The van der Waals surface area contributed by atoms with E-state index in [1.807, 2.05) is 66.9 Å². The summed E-state index contributed by atoms with van der Waals surface area (Å²) in [6.07, 6.45) is -2.50. The van der Waals surface area contributed by atoms with Gasteiger partial charge in [-0.25, -0.2) is 0 Å². The monoisotopic (exact) mass is 430 g/mol. The van der Waals surface area contributed by atoms with Gasteiger partial charge in [0.15, 0.2) is 0 Å². The Labute approximate surface area is 179 Å². The zero-order chi connectivity index (χ0) is 22.4. The molecule has 1 N–H and O–H groups in total. The zero-order valence-electron chi connectivity index (χ0n) is 17.4. The van der Waals surface area contributed by atoms with Crippen molar-refractivity contribution >= 4 is 5.91 Å². The molecule has 0 spiro atoms. The molecule has 8 heteroatoms. The van der Waals surface area contributed by atoms with Gasteiger partial charge in [0.25, 0.3) is 0 Å². The number of nitrogens with zero attached hydrogens (tertiary/aromatic N) is 3. The minimum Gasteiger partial charge on any atom is -0.351 e. The highest BCUT2D eigenvalue weighted by molar-refractivity contribution is 5.81. The summed E-state index contributed by atoms with van der Waals surface area (Å²) in [5.41, 5.74) is 3.51. The molecule has 0 radical (unpaired) electrons. The molecule has 1 atom stereocenters. The Morgan fingerprint density at radius 2 is 1.71 bits per heavy atom. The highest BCUT2D eigenvalue weighted by atomic mass is 19.4. The van der Waals surface area contributed by atoms with Crippen molar-refractivity contribution in [3.05, 3.63) is 78.0 Å². The van der Waals surface area contributed by atoms with Crippen LogP contribution < -0.4 is 5.32 Å². The summed E-state index contributed by atoms with van der Waals surface area (Å²) >= 11 is 0. The van der Waals surface area contributed by atoms with Crippen LogP contribution in [-0.4, -0.2) is 46.4 Å². The van der Waals surface area contributed by atoms with E-state index in [4.69, 9.17) is 0 Å². The lowest BCUT2D eigenvalue weighted by molar-refractivity contribution is -0.151. The number of benzene rings is 2. The maximum atomic E-state index is 12.6. The zero-order valence-corrected chi connectivity index (χ0v) is 17.4. The van der Waals surface area contributed by atoms with Crippen molar-refractivity contribution in [2.24, 2.45) is 0 Å². The molecule has 2 aromatic carbocycles. The van der Waals surface area contributed by atoms with Crippen LogP contribution in [0.15, 0.2) is 66.9 Å². The topological polar surface area (TPSA) is 50.2 Å². The van der Waals surface area contributed by atoms with Gasteiger partial charge in [0.2, 0.25) is 5.91 Å². The number of hydrogen-bond donors (Lipinski definition) is 1. The first-order valence-electron chi connectivity index (χ1n) is 9.93. The van der Waals surface area contributed by atoms with Crippen molar-refractivity contribution in [3.8, 4) is 11.3 Å². The van der Waals surface area contributed by atoms with Crippen molar-refractivity contribution in [2.45, 2.75) is 32.2 Å². The molecule has 1 amide bonds. The van der Waals surface area contributed by atoms with Crippen LogP contribution in [0.25, 0.3) is 11.3 Å². The van der Waals surface area contributed by atoms with E-state index >= 15 is 0 Å². The fourth-order valence-electron chi connectivity index (χ4n) is 3.23. The second-order valence-corrected chi connectivity index (χ2v) is 7.48. The Hall–Kier alpha value is -3.13. The summed E-state index contributed by atoms with van der Waals surface area (Å²) < 4.78 is 39.7. The average Bonchev–Trinajstić information content (AvgIpc) is 3.14. The maximum Gasteiger partial charge on any atom is 0.401 e. The van der Waals surface area contributed by atoms with E-state index in [0.717, 1.165) is 27.3 Å². The summed E-state index contributed by atoms with van der Waals surface area (Å²) in [6, 6.07) is 18.5. The van der Waals surface area contributed by atoms with Crippen LogP contribution in [0, 0.1) is 0 Å². The minimum atomic E-state index is -4.36. The van der Waals surface area contributed by atoms with Gasteiger partial charge < -0.3 is 5.32 Å². The van der Waals surface area contributed by atoms with Crippen LogP contribution in [-0.2, 0) is 17.9 Å². The number of alkyl halides is 3. The first kappa shape index (κ1) is 22.6. The highest BCUT2D eigenvalue weighted by Crippen LogP contribution is 2.23. The molecular formula is C23H25F3N4O. The number of halogens is 3. The van der Waals surface area contributed by atoms with Crippen LogP contribution in [0.5, 0.6) is 0 Å². The van der Waals surface area contributed by atoms with Crippen LogP contribution in [0.3, 0.4) is 0 Å². The fraction of sp³-hybridized carbons (Fsp3) is 0.304. The van der Waals surface area contributed by atoms with Gasteiger partial charge in [-0.15, -0.1) is 0 Å². The molecule has 5 nitrogen and oxygen atoms in total. The lowest BCUT2D eigenvalue weighted by atomic mass is 10.1. The molecule has 31 heavy (non-hydrogen) atoms. The first-order chi connectivity index (χ1) is 14.7. The minimum absolute atomic E-state index is 0.169. The maximum absolute atomic E-state index is 12.6. The molecule has 0 bridgehead atoms. The molecule has 1 heterocycles. The lowest BCUT2D eigenvalue weighted by Gasteiger charge is -2.24.